The molecule has 0 unspecified atom stereocenters. The maximum Gasteiger partial charge on any atom is 0.338 e. The second-order valence-electron chi connectivity index (χ2n) is 6.28. The topological polar surface area (TPSA) is 116 Å². The molecule has 8 nitrogen and oxygen atoms in total. The van der Waals surface area contributed by atoms with Crippen LogP contribution < -0.4 is 10.5 Å². The van der Waals surface area contributed by atoms with Gasteiger partial charge in [0.05, 0.1) is 12.7 Å². The van der Waals surface area contributed by atoms with Crippen LogP contribution in [-0.2, 0) is 19.6 Å². The molecule has 1 aromatic carbocycles. The minimum absolute atomic E-state index is 0.00198. The lowest BCUT2D eigenvalue weighted by atomic mass is 10.1. The maximum absolute atomic E-state index is 13.1. The number of amides is 1. The zero-order valence-corrected chi connectivity index (χ0v) is 15.9. The van der Waals surface area contributed by atoms with Crippen molar-refractivity contribution in [1.82, 2.24) is 4.31 Å². The van der Waals surface area contributed by atoms with Crippen molar-refractivity contribution in [2.24, 2.45) is 5.73 Å². The number of nitrogens with zero attached hydrogens (tertiary/aromatic N) is 1. The van der Waals surface area contributed by atoms with Gasteiger partial charge in [-0.3, -0.25) is 4.79 Å². The molecule has 1 fully saturated rings. The second-order valence-corrected chi connectivity index (χ2v) is 8.14. The van der Waals surface area contributed by atoms with Gasteiger partial charge in [-0.1, -0.05) is 6.42 Å². The molecule has 2 rings (SSSR count). The molecule has 0 spiro atoms. The molecule has 144 valence electrons. The first kappa shape index (κ1) is 20.2. The number of benzene rings is 1. The Morgan fingerprint density at radius 1 is 1.31 bits per heavy atom. The van der Waals surface area contributed by atoms with Crippen LogP contribution in [0.5, 0.6) is 5.75 Å². The van der Waals surface area contributed by atoms with Crippen LogP contribution in [0, 0.1) is 0 Å². The van der Waals surface area contributed by atoms with E-state index in [-0.39, 0.29) is 22.3 Å². The summed E-state index contributed by atoms with van der Waals surface area (Å²) in [7, 11) is -2.48. The highest BCUT2D eigenvalue weighted by Crippen LogP contribution is 2.31. The predicted molar refractivity (Wildman–Crippen MR) is 94.3 cm³/mol. The molecule has 0 radical (unpaired) electrons. The fourth-order valence-electron chi connectivity index (χ4n) is 2.85. The predicted octanol–water partition coefficient (Wildman–Crippen LogP) is 1.29. The maximum atomic E-state index is 13.1. The second kappa shape index (κ2) is 8.05. The normalized spacial score (nSPS) is 19.6. The quantitative estimate of drug-likeness (QED) is 0.739. The van der Waals surface area contributed by atoms with Gasteiger partial charge in [-0.05, 0) is 44.9 Å². The first-order valence-electron chi connectivity index (χ1n) is 8.38. The summed E-state index contributed by atoms with van der Waals surface area (Å²) < 4.78 is 37.8. The van der Waals surface area contributed by atoms with Gasteiger partial charge in [-0.25, -0.2) is 13.2 Å². The van der Waals surface area contributed by atoms with Crippen LogP contribution in [0.1, 0.15) is 43.5 Å². The Hall–Kier alpha value is -2.13. The summed E-state index contributed by atoms with van der Waals surface area (Å²) >= 11 is 0. The van der Waals surface area contributed by atoms with Crippen molar-refractivity contribution in [3.63, 3.8) is 0 Å². The van der Waals surface area contributed by atoms with E-state index in [4.69, 9.17) is 15.2 Å². The van der Waals surface area contributed by atoms with E-state index >= 15 is 0 Å². The molecular formula is C17H24N2O6S. The van der Waals surface area contributed by atoms with Crippen molar-refractivity contribution >= 4 is 21.9 Å². The summed E-state index contributed by atoms with van der Waals surface area (Å²) in [4.78, 5) is 23.2. The standard InChI is InChI=1S/C17H24N2O6S/c1-11-6-4-5-9-19(11)26(22,23)15-10-13(7-8-14(15)24-3)17(21)25-12(2)16(18)20/h7-8,10-12H,4-6,9H2,1-3H3,(H2,18,20)/t11-,12-/m1/s1. The van der Waals surface area contributed by atoms with Gasteiger partial charge in [0.15, 0.2) is 6.10 Å². The Morgan fingerprint density at radius 2 is 2.00 bits per heavy atom. The van der Waals surface area contributed by atoms with Gasteiger partial charge < -0.3 is 15.2 Å². The number of hydrogen-bond acceptors (Lipinski definition) is 6. The number of hydrogen-bond donors (Lipinski definition) is 1. The van der Waals surface area contributed by atoms with Gasteiger partial charge in [0.25, 0.3) is 5.91 Å². The Bertz CT molecular complexity index is 792. The third-order valence-electron chi connectivity index (χ3n) is 4.41. The van der Waals surface area contributed by atoms with Gasteiger partial charge in [0, 0.05) is 12.6 Å². The van der Waals surface area contributed by atoms with Crippen molar-refractivity contribution in [2.45, 2.75) is 50.2 Å². The molecule has 2 atom stereocenters. The van der Waals surface area contributed by atoms with Gasteiger partial charge >= 0.3 is 5.97 Å². The zero-order chi connectivity index (χ0) is 19.5. The van der Waals surface area contributed by atoms with E-state index in [2.05, 4.69) is 0 Å². The highest BCUT2D eigenvalue weighted by atomic mass is 32.2. The average molecular weight is 384 g/mol. The molecule has 0 bridgehead atoms. The first-order valence-corrected chi connectivity index (χ1v) is 9.82. The van der Waals surface area contributed by atoms with Crippen LogP contribution in [0.15, 0.2) is 23.1 Å². The van der Waals surface area contributed by atoms with Gasteiger partial charge in [0.2, 0.25) is 10.0 Å². The molecule has 1 aliphatic heterocycles. The molecule has 2 N–H and O–H groups in total. The molecule has 1 amide bonds. The minimum atomic E-state index is -3.85. The molecule has 0 aromatic heterocycles. The van der Waals surface area contributed by atoms with Gasteiger partial charge in [-0.15, -0.1) is 0 Å². The van der Waals surface area contributed by atoms with E-state index in [9.17, 15) is 18.0 Å². The minimum Gasteiger partial charge on any atom is -0.495 e. The number of rotatable bonds is 6. The number of nitrogens with two attached hydrogens (primary N) is 1. The molecule has 1 heterocycles. The van der Waals surface area contributed by atoms with E-state index in [1.54, 1.807) is 0 Å². The molecule has 1 saturated heterocycles. The lowest BCUT2D eigenvalue weighted by Gasteiger charge is -2.32. The lowest BCUT2D eigenvalue weighted by molar-refractivity contribution is -0.125. The van der Waals surface area contributed by atoms with Crippen LogP contribution in [0.4, 0.5) is 0 Å². The number of sulfonamides is 1. The van der Waals surface area contributed by atoms with Crippen LogP contribution in [0.2, 0.25) is 0 Å². The zero-order valence-electron chi connectivity index (χ0n) is 15.1. The number of primary amides is 1. The third-order valence-corrected chi connectivity index (χ3v) is 6.45. The van der Waals surface area contributed by atoms with E-state index < -0.39 is 28.0 Å². The third kappa shape index (κ3) is 4.16. The smallest absolute Gasteiger partial charge is 0.338 e. The van der Waals surface area contributed by atoms with Crippen molar-refractivity contribution < 1.29 is 27.5 Å². The average Bonchev–Trinajstić information content (AvgIpc) is 2.61. The summed E-state index contributed by atoms with van der Waals surface area (Å²) in [5.74, 6) is -1.48. The van der Waals surface area contributed by atoms with Crippen LogP contribution in [-0.4, -0.2) is 50.4 Å². The lowest BCUT2D eigenvalue weighted by Crippen LogP contribution is -2.42. The largest absolute Gasteiger partial charge is 0.495 e. The van der Waals surface area contributed by atoms with Crippen molar-refractivity contribution in [3.8, 4) is 5.75 Å². The number of piperidine rings is 1. The van der Waals surface area contributed by atoms with E-state index in [1.165, 1.54) is 36.5 Å². The molecule has 26 heavy (non-hydrogen) atoms. The van der Waals surface area contributed by atoms with Crippen LogP contribution in [0.25, 0.3) is 0 Å². The first-order chi connectivity index (χ1) is 12.2. The Kier molecular flexibility index (Phi) is 6.25. The molecule has 0 saturated carbocycles. The van der Waals surface area contributed by atoms with Crippen LogP contribution in [0.3, 0.4) is 0 Å². The highest BCUT2D eigenvalue weighted by molar-refractivity contribution is 7.89. The molecular weight excluding hydrogens is 360 g/mol. The molecule has 9 heteroatoms. The highest BCUT2D eigenvalue weighted by Gasteiger charge is 2.33. The Balaban J connectivity index is 2.41. The van der Waals surface area contributed by atoms with Crippen molar-refractivity contribution in [2.75, 3.05) is 13.7 Å². The fourth-order valence-corrected chi connectivity index (χ4v) is 4.73. The number of ether oxygens (including phenoxy) is 2. The van der Waals surface area contributed by atoms with Crippen LogP contribution >= 0.6 is 0 Å². The van der Waals surface area contributed by atoms with E-state index in [0.29, 0.717) is 6.54 Å². The summed E-state index contributed by atoms with van der Waals surface area (Å²) in [6.45, 7) is 3.62. The monoisotopic (exact) mass is 384 g/mol. The fraction of sp³-hybridized carbons (Fsp3) is 0.529. The summed E-state index contributed by atoms with van der Waals surface area (Å²) in [6.07, 6.45) is 1.41. The number of carbonyl (C=O) groups is 2. The molecule has 1 aliphatic rings. The van der Waals surface area contributed by atoms with E-state index in [0.717, 1.165) is 19.3 Å². The summed E-state index contributed by atoms with van der Waals surface area (Å²) in [6, 6.07) is 3.86. The number of methoxy groups -OCH3 is 1. The number of esters is 1. The Labute approximate surface area is 153 Å². The summed E-state index contributed by atoms with van der Waals surface area (Å²) in [5.41, 5.74) is 5.08. The summed E-state index contributed by atoms with van der Waals surface area (Å²) in [5, 5.41) is 0. The Morgan fingerprint density at radius 3 is 2.58 bits per heavy atom. The van der Waals surface area contributed by atoms with Crippen molar-refractivity contribution in [3.05, 3.63) is 23.8 Å². The van der Waals surface area contributed by atoms with Gasteiger partial charge in [0.1, 0.15) is 10.6 Å². The van der Waals surface area contributed by atoms with Crippen molar-refractivity contribution in [1.29, 1.82) is 0 Å². The number of carbonyl (C=O) groups excluding carboxylic acids is 2. The molecule has 0 aliphatic carbocycles. The van der Waals surface area contributed by atoms with E-state index in [1.807, 2.05) is 6.92 Å². The molecule has 1 aromatic rings. The SMILES string of the molecule is COc1ccc(C(=O)O[C@H](C)C(N)=O)cc1S(=O)(=O)N1CCCC[C@H]1C. The van der Waals surface area contributed by atoms with Gasteiger partial charge in [-0.2, -0.15) is 4.31 Å².